The number of anilines is 1. The number of phenolic OH excluding ortho intramolecular Hbond substituents is 1. The Balaban J connectivity index is 1.70. The lowest BCUT2D eigenvalue weighted by molar-refractivity contribution is -0.113. The van der Waals surface area contributed by atoms with Crippen molar-refractivity contribution in [3.8, 4) is 17.1 Å². The third-order valence-electron chi connectivity index (χ3n) is 3.59. The van der Waals surface area contributed by atoms with Gasteiger partial charge in [0, 0.05) is 11.5 Å². The quantitative estimate of drug-likeness (QED) is 0.495. The number of amides is 1. The molecule has 0 aliphatic carbocycles. The van der Waals surface area contributed by atoms with Crippen LogP contribution >= 0.6 is 50.9 Å². The van der Waals surface area contributed by atoms with E-state index in [2.05, 4.69) is 31.4 Å². The number of thioether (sulfide) groups is 1. The Hall–Kier alpha value is -1.74. The predicted octanol–water partition coefficient (Wildman–Crippen LogP) is 4.99. The molecule has 0 unspecified atom stereocenters. The molecule has 1 heterocycles. The first kappa shape index (κ1) is 20.0. The minimum absolute atomic E-state index is 0.0959. The molecule has 10 heteroatoms. The van der Waals surface area contributed by atoms with Crippen molar-refractivity contribution in [3.05, 3.63) is 50.9 Å². The summed E-state index contributed by atoms with van der Waals surface area (Å²) in [5, 5.41) is 22.2. The summed E-state index contributed by atoms with van der Waals surface area (Å²) >= 11 is 16.6. The van der Waals surface area contributed by atoms with Crippen molar-refractivity contribution in [2.24, 2.45) is 7.05 Å². The fraction of sp³-hybridized carbons (Fsp3) is 0.118. The van der Waals surface area contributed by atoms with Gasteiger partial charge in [-0.3, -0.25) is 4.79 Å². The van der Waals surface area contributed by atoms with Crippen LogP contribution in [0.2, 0.25) is 10.0 Å². The Morgan fingerprint density at radius 2 is 2.07 bits per heavy atom. The maximum Gasteiger partial charge on any atom is 0.234 e. The highest BCUT2D eigenvalue weighted by molar-refractivity contribution is 9.10. The minimum Gasteiger partial charge on any atom is -0.507 e. The molecule has 0 radical (unpaired) electrons. The van der Waals surface area contributed by atoms with Crippen LogP contribution < -0.4 is 5.32 Å². The van der Waals surface area contributed by atoms with Crippen LogP contribution in [0.25, 0.3) is 11.4 Å². The van der Waals surface area contributed by atoms with Crippen molar-refractivity contribution in [3.63, 3.8) is 0 Å². The van der Waals surface area contributed by atoms with E-state index in [4.69, 9.17) is 23.2 Å². The lowest BCUT2D eigenvalue weighted by atomic mass is 10.2. The molecule has 0 saturated carbocycles. The average molecular weight is 488 g/mol. The largest absolute Gasteiger partial charge is 0.507 e. The van der Waals surface area contributed by atoms with Crippen LogP contribution in [-0.2, 0) is 11.8 Å². The summed E-state index contributed by atoms with van der Waals surface area (Å²) in [6.07, 6.45) is 0. The molecule has 140 valence electrons. The third kappa shape index (κ3) is 4.57. The van der Waals surface area contributed by atoms with Crippen molar-refractivity contribution in [1.82, 2.24) is 14.8 Å². The number of aromatic hydroxyl groups is 1. The Morgan fingerprint density at radius 3 is 2.85 bits per heavy atom. The first-order valence-electron chi connectivity index (χ1n) is 7.61. The molecular weight excluding hydrogens is 475 g/mol. The topological polar surface area (TPSA) is 80.0 Å². The zero-order valence-corrected chi connectivity index (χ0v) is 17.8. The van der Waals surface area contributed by atoms with Crippen LogP contribution in [0.5, 0.6) is 5.75 Å². The van der Waals surface area contributed by atoms with Crippen molar-refractivity contribution < 1.29 is 9.90 Å². The van der Waals surface area contributed by atoms with E-state index >= 15 is 0 Å². The molecule has 3 rings (SSSR count). The molecule has 6 nitrogen and oxygen atoms in total. The van der Waals surface area contributed by atoms with Gasteiger partial charge in [0.15, 0.2) is 11.0 Å². The van der Waals surface area contributed by atoms with E-state index in [9.17, 15) is 9.90 Å². The van der Waals surface area contributed by atoms with Crippen LogP contribution in [0.1, 0.15) is 0 Å². The van der Waals surface area contributed by atoms with Gasteiger partial charge in [-0.05, 0) is 30.3 Å². The Morgan fingerprint density at radius 1 is 1.30 bits per heavy atom. The molecule has 0 saturated heterocycles. The normalized spacial score (nSPS) is 10.8. The van der Waals surface area contributed by atoms with E-state index in [-0.39, 0.29) is 17.4 Å². The van der Waals surface area contributed by atoms with Crippen LogP contribution in [0.3, 0.4) is 0 Å². The number of aromatic nitrogens is 3. The first-order valence-corrected chi connectivity index (χ1v) is 10.1. The summed E-state index contributed by atoms with van der Waals surface area (Å²) < 4.78 is 2.52. The predicted molar refractivity (Wildman–Crippen MR) is 112 cm³/mol. The van der Waals surface area contributed by atoms with Gasteiger partial charge >= 0.3 is 0 Å². The Bertz CT molecular complexity index is 1010. The SMILES string of the molecule is Cn1c(SCC(=O)Nc2cccc(Cl)c2Cl)nnc1-c1cc(Br)ccc1O. The van der Waals surface area contributed by atoms with E-state index in [0.29, 0.717) is 32.3 Å². The molecule has 3 aromatic rings. The summed E-state index contributed by atoms with van der Waals surface area (Å²) in [6, 6.07) is 10.1. The number of hydrogen-bond donors (Lipinski definition) is 2. The molecule has 0 fully saturated rings. The van der Waals surface area contributed by atoms with Crippen LogP contribution in [0.4, 0.5) is 5.69 Å². The van der Waals surface area contributed by atoms with Crippen LogP contribution in [0.15, 0.2) is 46.0 Å². The summed E-state index contributed by atoms with van der Waals surface area (Å²) in [5.74, 6) is 0.450. The molecule has 0 bridgehead atoms. The molecule has 1 aromatic heterocycles. The van der Waals surface area contributed by atoms with Gasteiger partial charge < -0.3 is 15.0 Å². The van der Waals surface area contributed by atoms with Crippen LogP contribution in [-0.4, -0.2) is 31.5 Å². The molecule has 0 aliphatic heterocycles. The van der Waals surface area contributed by atoms with Gasteiger partial charge in [0.2, 0.25) is 5.91 Å². The van der Waals surface area contributed by atoms with Crippen molar-refractivity contribution in [1.29, 1.82) is 0 Å². The third-order valence-corrected chi connectivity index (χ3v) is 5.92. The number of nitrogens with one attached hydrogen (secondary N) is 1. The zero-order chi connectivity index (χ0) is 19.6. The number of nitrogens with zero attached hydrogens (tertiary/aromatic N) is 3. The highest BCUT2D eigenvalue weighted by Gasteiger charge is 2.16. The van der Waals surface area contributed by atoms with Gasteiger partial charge in [0.1, 0.15) is 5.75 Å². The molecular formula is C17H13BrCl2N4O2S. The summed E-state index contributed by atoms with van der Waals surface area (Å²) in [6.45, 7) is 0. The van der Waals surface area contributed by atoms with Gasteiger partial charge in [-0.1, -0.05) is 57.0 Å². The van der Waals surface area contributed by atoms with Gasteiger partial charge in [-0.25, -0.2) is 0 Å². The van der Waals surface area contributed by atoms with Gasteiger partial charge in [0.25, 0.3) is 0 Å². The molecule has 2 N–H and O–H groups in total. The number of carbonyl (C=O) groups is 1. The first-order chi connectivity index (χ1) is 12.9. The minimum atomic E-state index is -0.251. The number of carbonyl (C=O) groups excluding carboxylic acids is 1. The van der Waals surface area contributed by atoms with Gasteiger partial charge in [-0.2, -0.15) is 0 Å². The molecule has 1 amide bonds. The van der Waals surface area contributed by atoms with Crippen molar-refractivity contribution >= 4 is 62.5 Å². The molecule has 0 aliphatic rings. The smallest absolute Gasteiger partial charge is 0.234 e. The number of phenols is 1. The molecule has 27 heavy (non-hydrogen) atoms. The van der Waals surface area contributed by atoms with Gasteiger partial charge in [-0.15, -0.1) is 10.2 Å². The highest BCUT2D eigenvalue weighted by Crippen LogP contribution is 2.32. The average Bonchev–Trinajstić information content (AvgIpc) is 3.00. The molecule has 0 spiro atoms. The number of halogens is 3. The fourth-order valence-corrected chi connectivity index (χ4v) is 3.70. The van der Waals surface area contributed by atoms with Crippen molar-refractivity contribution in [2.75, 3.05) is 11.1 Å². The molecule has 2 aromatic carbocycles. The second-order valence-corrected chi connectivity index (χ2v) is 8.11. The van der Waals surface area contributed by atoms with Crippen molar-refractivity contribution in [2.45, 2.75) is 5.16 Å². The Labute approximate surface area is 178 Å². The standard InChI is InChI=1S/C17H13BrCl2N4O2S/c1-24-16(10-7-9(18)5-6-13(10)25)22-23-17(24)27-8-14(26)21-12-4-2-3-11(19)15(12)20/h2-7,25H,8H2,1H3,(H,21,26). The lowest BCUT2D eigenvalue weighted by Crippen LogP contribution is -2.14. The van der Waals surface area contributed by atoms with E-state index in [1.807, 2.05) is 0 Å². The zero-order valence-electron chi connectivity index (χ0n) is 13.9. The maximum absolute atomic E-state index is 12.2. The van der Waals surface area contributed by atoms with E-state index in [0.717, 1.165) is 4.47 Å². The van der Waals surface area contributed by atoms with E-state index in [1.54, 1.807) is 48.0 Å². The van der Waals surface area contributed by atoms with Gasteiger partial charge in [0.05, 0.1) is 27.0 Å². The second-order valence-electron chi connectivity index (χ2n) is 5.46. The maximum atomic E-state index is 12.2. The number of rotatable bonds is 5. The van der Waals surface area contributed by atoms with Crippen LogP contribution in [0, 0.1) is 0 Å². The summed E-state index contributed by atoms with van der Waals surface area (Å²) in [4.78, 5) is 12.2. The summed E-state index contributed by atoms with van der Waals surface area (Å²) in [7, 11) is 1.77. The van der Waals surface area contributed by atoms with E-state index < -0.39 is 0 Å². The number of benzene rings is 2. The fourth-order valence-electron chi connectivity index (χ4n) is 2.28. The highest BCUT2D eigenvalue weighted by atomic mass is 79.9. The molecule has 0 atom stereocenters. The number of hydrogen-bond acceptors (Lipinski definition) is 5. The Kier molecular flexibility index (Phi) is 6.31. The van der Waals surface area contributed by atoms with E-state index in [1.165, 1.54) is 11.8 Å². The summed E-state index contributed by atoms with van der Waals surface area (Å²) in [5.41, 5.74) is 0.994. The lowest BCUT2D eigenvalue weighted by Gasteiger charge is -2.08. The monoisotopic (exact) mass is 486 g/mol. The second kappa shape index (κ2) is 8.52.